The zero-order valence-corrected chi connectivity index (χ0v) is 10.1. The van der Waals surface area contributed by atoms with Crippen molar-refractivity contribution in [3.63, 3.8) is 0 Å². The van der Waals surface area contributed by atoms with Gasteiger partial charge >= 0.3 is 0 Å². The van der Waals surface area contributed by atoms with Gasteiger partial charge in [0.2, 0.25) is 0 Å². The van der Waals surface area contributed by atoms with Crippen molar-refractivity contribution in [2.75, 3.05) is 6.54 Å². The standard InChI is InChI=1S/C11H15N5O2/c1-16-7-14-10(15-16)4-5-13-11(17)9-3-2-8(6-12)18-9/h2-3,7H,4-6,12H2,1H3,(H,13,17). The number of amides is 1. The minimum atomic E-state index is -0.259. The van der Waals surface area contributed by atoms with E-state index in [-0.39, 0.29) is 18.2 Å². The zero-order valence-electron chi connectivity index (χ0n) is 10.1. The van der Waals surface area contributed by atoms with Gasteiger partial charge in [-0.05, 0) is 12.1 Å². The predicted octanol–water partition coefficient (Wildman–Crippen LogP) is -0.161. The van der Waals surface area contributed by atoms with Gasteiger partial charge in [0.25, 0.3) is 5.91 Å². The highest BCUT2D eigenvalue weighted by Crippen LogP contribution is 2.06. The average Bonchev–Trinajstić information content (AvgIpc) is 2.98. The van der Waals surface area contributed by atoms with Crippen LogP contribution < -0.4 is 11.1 Å². The molecule has 7 heteroatoms. The summed E-state index contributed by atoms with van der Waals surface area (Å²) in [4.78, 5) is 15.7. The van der Waals surface area contributed by atoms with E-state index in [1.807, 2.05) is 0 Å². The van der Waals surface area contributed by atoms with Crippen molar-refractivity contribution >= 4 is 5.91 Å². The first-order valence-corrected chi connectivity index (χ1v) is 5.60. The van der Waals surface area contributed by atoms with Crippen LogP contribution in [0.1, 0.15) is 22.1 Å². The van der Waals surface area contributed by atoms with Crippen LogP contribution in [0.2, 0.25) is 0 Å². The van der Waals surface area contributed by atoms with Crippen LogP contribution in [0.25, 0.3) is 0 Å². The molecule has 2 aromatic rings. The van der Waals surface area contributed by atoms with Gasteiger partial charge in [0.1, 0.15) is 12.1 Å². The summed E-state index contributed by atoms with van der Waals surface area (Å²) in [5, 5.41) is 6.84. The number of aryl methyl sites for hydroxylation is 1. The molecule has 0 spiro atoms. The van der Waals surface area contributed by atoms with Gasteiger partial charge in [-0.25, -0.2) is 4.98 Å². The minimum Gasteiger partial charge on any atom is -0.455 e. The van der Waals surface area contributed by atoms with Crippen LogP contribution in [-0.2, 0) is 20.0 Å². The van der Waals surface area contributed by atoms with Crippen molar-refractivity contribution < 1.29 is 9.21 Å². The summed E-state index contributed by atoms with van der Waals surface area (Å²) >= 11 is 0. The lowest BCUT2D eigenvalue weighted by atomic mass is 10.3. The molecule has 7 nitrogen and oxygen atoms in total. The first-order valence-electron chi connectivity index (χ1n) is 5.60. The maximum Gasteiger partial charge on any atom is 0.287 e. The second-order valence-electron chi connectivity index (χ2n) is 3.81. The van der Waals surface area contributed by atoms with E-state index >= 15 is 0 Å². The molecule has 0 aliphatic rings. The number of carbonyl (C=O) groups excluding carboxylic acids is 1. The number of aromatic nitrogens is 3. The third-order valence-electron chi connectivity index (χ3n) is 2.37. The third-order valence-corrected chi connectivity index (χ3v) is 2.37. The maximum atomic E-state index is 11.7. The first-order chi connectivity index (χ1) is 8.69. The normalized spacial score (nSPS) is 10.6. The Labute approximate surface area is 104 Å². The molecule has 2 rings (SSSR count). The zero-order chi connectivity index (χ0) is 13.0. The van der Waals surface area contributed by atoms with Crippen LogP contribution in [-0.4, -0.2) is 27.2 Å². The minimum absolute atomic E-state index is 0.259. The second kappa shape index (κ2) is 5.46. The number of rotatable bonds is 5. The summed E-state index contributed by atoms with van der Waals surface area (Å²) in [6.45, 7) is 0.743. The second-order valence-corrected chi connectivity index (χ2v) is 3.81. The van der Waals surface area contributed by atoms with Crippen molar-refractivity contribution in [3.8, 4) is 0 Å². The van der Waals surface area contributed by atoms with Gasteiger partial charge in [-0.2, -0.15) is 5.10 Å². The number of nitrogens with one attached hydrogen (secondary N) is 1. The lowest BCUT2D eigenvalue weighted by Crippen LogP contribution is -2.25. The van der Waals surface area contributed by atoms with Gasteiger partial charge in [0, 0.05) is 20.0 Å². The molecular formula is C11H15N5O2. The van der Waals surface area contributed by atoms with Crippen LogP contribution in [0.4, 0.5) is 0 Å². The molecule has 0 aliphatic carbocycles. The van der Waals surface area contributed by atoms with E-state index in [9.17, 15) is 4.79 Å². The van der Waals surface area contributed by atoms with E-state index in [0.717, 1.165) is 0 Å². The Hall–Kier alpha value is -2.15. The Morgan fingerprint density at radius 3 is 3.00 bits per heavy atom. The topological polar surface area (TPSA) is 99.0 Å². The van der Waals surface area contributed by atoms with E-state index < -0.39 is 0 Å². The van der Waals surface area contributed by atoms with Gasteiger partial charge in [0.05, 0.1) is 6.54 Å². The average molecular weight is 249 g/mol. The molecule has 96 valence electrons. The Balaban J connectivity index is 1.81. The summed E-state index contributed by atoms with van der Waals surface area (Å²) < 4.78 is 6.85. The summed E-state index contributed by atoms with van der Waals surface area (Å²) in [5.74, 6) is 1.29. The molecule has 3 N–H and O–H groups in total. The van der Waals surface area contributed by atoms with Gasteiger partial charge < -0.3 is 15.5 Å². The van der Waals surface area contributed by atoms with Crippen LogP contribution in [0.15, 0.2) is 22.9 Å². The molecule has 2 aromatic heterocycles. The molecule has 2 heterocycles. The number of furan rings is 1. The summed E-state index contributed by atoms with van der Waals surface area (Å²) in [5.41, 5.74) is 5.40. The molecule has 0 bridgehead atoms. The number of hydrogen-bond donors (Lipinski definition) is 2. The monoisotopic (exact) mass is 249 g/mol. The highest BCUT2D eigenvalue weighted by molar-refractivity contribution is 5.91. The fraction of sp³-hybridized carbons (Fsp3) is 0.364. The molecule has 0 fully saturated rings. The van der Waals surface area contributed by atoms with Gasteiger partial charge in [-0.3, -0.25) is 9.48 Å². The number of nitrogens with two attached hydrogens (primary N) is 1. The lowest BCUT2D eigenvalue weighted by Gasteiger charge is -2.00. The number of hydrogen-bond acceptors (Lipinski definition) is 5. The first kappa shape index (κ1) is 12.3. The Kier molecular flexibility index (Phi) is 3.73. The molecule has 1 amide bonds. The van der Waals surface area contributed by atoms with E-state index in [0.29, 0.717) is 24.6 Å². The molecule has 0 aromatic carbocycles. The Morgan fingerprint density at radius 2 is 2.39 bits per heavy atom. The van der Waals surface area contributed by atoms with Crippen LogP contribution in [0.3, 0.4) is 0 Å². The van der Waals surface area contributed by atoms with Crippen molar-refractivity contribution in [2.24, 2.45) is 12.8 Å². The van der Waals surface area contributed by atoms with E-state index in [1.165, 1.54) is 0 Å². The largest absolute Gasteiger partial charge is 0.455 e. The third kappa shape index (κ3) is 2.95. The van der Waals surface area contributed by atoms with Crippen molar-refractivity contribution in [3.05, 3.63) is 35.8 Å². The highest BCUT2D eigenvalue weighted by atomic mass is 16.4. The molecule has 0 saturated heterocycles. The van der Waals surface area contributed by atoms with Crippen LogP contribution in [0.5, 0.6) is 0 Å². The SMILES string of the molecule is Cn1cnc(CCNC(=O)c2ccc(CN)o2)n1. The van der Waals surface area contributed by atoms with E-state index in [2.05, 4.69) is 15.4 Å². The smallest absolute Gasteiger partial charge is 0.287 e. The summed E-state index contributed by atoms with van der Waals surface area (Å²) in [6.07, 6.45) is 2.20. The van der Waals surface area contributed by atoms with Crippen molar-refractivity contribution in [1.82, 2.24) is 20.1 Å². The predicted molar refractivity (Wildman–Crippen MR) is 63.6 cm³/mol. The quantitative estimate of drug-likeness (QED) is 0.767. The molecule has 0 unspecified atom stereocenters. The van der Waals surface area contributed by atoms with Crippen molar-refractivity contribution in [1.29, 1.82) is 0 Å². The lowest BCUT2D eigenvalue weighted by molar-refractivity contribution is 0.0924. The molecular weight excluding hydrogens is 234 g/mol. The number of carbonyl (C=O) groups is 1. The molecule has 0 aliphatic heterocycles. The highest BCUT2D eigenvalue weighted by Gasteiger charge is 2.10. The maximum absolute atomic E-state index is 11.7. The Bertz CT molecular complexity index is 531. The van der Waals surface area contributed by atoms with Crippen LogP contribution >= 0.6 is 0 Å². The van der Waals surface area contributed by atoms with Gasteiger partial charge in [-0.15, -0.1) is 0 Å². The van der Waals surface area contributed by atoms with Gasteiger partial charge in [-0.1, -0.05) is 0 Å². The van der Waals surface area contributed by atoms with E-state index in [4.69, 9.17) is 10.2 Å². The molecule has 18 heavy (non-hydrogen) atoms. The summed E-state index contributed by atoms with van der Waals surface area (Å²) in [7, 11) is 1.80. The summed E-state index contributed by atoms with van der Waals surface area (Å²) in [6, 6.07) is 3.30. The van der Waals surface area contributed by atoms with Crippen LogP contribution in [0, 0.1) is 0 Å². The fourth-order valence-corrected chi connectivity index (χ4v) is 1.48. The Morgan fingerprint density at radius 1 is 1.56 bits per heavy atom. The van der Waals surface area contributed by atoms with Gasteiger partial charge in [0.15, 0.2) is 11.6 Å². The van der Waals surface area contributed by atoms with E-state index in [1.54, 1.807) is 30.2 Å². The molecule has 0 saturated carbocycles. The fourth-order valence-electron chi connectivity index (χ4n) is 1.48. The molecule has 0 radical (unpaired) electrons. The molecule has 0 atom stereocenters. The van der Waals surface area contributed by atoms with Crippen molar-refractivity contribution in [2.45, 2.75) is 13.0 Å². The number of nitrogens with zero attached hydrogens (tertiary/aromatic N) is 3.